The maximum Gasteiger partial charge on any atom is 0.265 e. The van der Waals surface area contributed by atoms with Gasteiger partial charge in [-0.2, -0.15) is 4.31 Å². The molecule has 0 aromatic carbocycles. The third-order valence-electron chi connectivity index (χ3n) is 6.44. The molecule has 2 saturated heterocycles. The van der Waals surface area contributed by atoms with E-state index in [4.69, 9.17) is 4.74 Å². The van der Waals surface area contributed by atoms with E-state index in [0.717, 1.165) is 49.9 Å². The first kappa shape index (κ1) is 22.7. The summed E-state index contributed by atoms with van der Waals surface area (Å²) in [6, 6.07) is 1.76. The fraction of sp³-hybridized carbons (Fsp3) is 0.714. The Hall–Kier alpha value is -1.49. The highest BCUT2D eigenvalue weighted by Gasteiger charge is 2.35. The number of carbonyl (C=O) groups is 2. The summed E-state index contributed by atoms with van der Waals surface area (Å²) in [6.07, 6.45) is 7.09. The van der Waals surface area contributed by atoms with Crippen molar-refractivity contribution in [3.63, 3.8) is 0 Å². The van der Waals surface area contributed by atoms with Gasteiger partial charge in [-0.1, -0.05) is 19.3 Å². The van der Waals surface area contributed by atoms with Crippen LogP contribution in [0.5, 0.6) is 0 Å². The number of likely N-dealkylation sites (tertiary alicyclic amines) is 1. The van der Waals surface area contributed by atoms with Crippen molar-refractivity contribution in [2.75, 3.05) is 39.4 Å². The fourth-order valence-corrected chi connectivity index (χ4v) is 7.44. The van der Waals surface area contributed by atoms with Crippen LogP contribution in [0.4, 0.5) is 0 Å². The van der Waals surface area contributed by atoms with Crippen LogP contribution in [0.3, 0.4) is 0 Å². The first-order valence-corrected chi connectivity index (χ1v) is 13.5. The van der Waals surface area contributed by atoms with Gasteiger partial charge in [0.05, 0.1) is 19.1 Å². The number of hydrogen-bond donors (Lipinski definition) is 1. The number of ether oxygens (including phenoxy) is 1. The largest absolute Gasteiger partial charge is 0.379 e. The van der Waals surface area contributed by atoms with Crippen LogP contribution in [0.1, 0.15) is 54.6 Å². The molecule has 8 nitrogen and oxygen atoms in total. The van der Waals surface area contributed by atoms with Crippen molar-refractivity contribution >= 4 is 33.2 Å². The lowest BCUT2D eigenvalue weighted by Crippen LogP contribution is -2.48. The number of nitrogens with one attached hydrogen (secondary N) is 1. The van der Waals surface area contributed by atoms with E-state index in [1.54, 1.807) is 10.3 Å². The summed E-state index contributed by atoms with van der Waals surface area (Å²) in [5.74, 6) is -0.507. The molecule has 4 rings (SSSR count). The van der Waals surface area contributed by atoms with Gasteiger partial charge in [0.1, 0.15) is 9.77 Å². The molecule has 1 aromatic rings. The monoisotopic (exact) mass is 469 g/mol. The van der Waals surface area contributed by atoms with Crippen LogP contribution in [0.2, 0.25) is 0 Å². The second-order valence-corrected chi connectivity index (χ2v) is 11.4. The molecule has 0 spiro atoms. The highest BCUT2D eigenvalue weighted by molar-refractivity contribution is 7.89. The molecule has 1 unspecified atom stereocenters. The number of nitrogens with zero attached hydrogens (tertiary/aromatic N) is 2. The Kier molecular flexibility index (Phi) is 7.30. The van der Waals surface area contributed by atoms with E-state index >= 15 is 0 Å². The third-order valence-corrected chi connectivity index (χ3v) is 9.41. The number of carbonyl (C=O) groups excluding carboxylic acids is 2. The lowest BCUT2D eigenvalue weighted by Gasteiger charge is -2.33. The summed E-state index contributed by atoms with van der Waals surface area (Å²) in [7, 11) is -3.75. The minimum Gasteiger partial charge on any atom is -0.379 e. The van der Waals surface area contributed by atoms with Gasteiger partial charge in [0.25, 0.3) is 5.91 Å². The Morgan fingerprint density at radius 1 is 1.03 bits per heavy atom. The zero-order valence-electron chi connectivity index (χ0n) is 17.8. The number of amides is 2. The van der Waals surface area contributed by atoms with E-state index in [0.29, 0.717) is 39.4 Å². The number of morpholine rings is 1. The molecule has 172 valence electrons. The highest BCUT2D eigenvalue weighted by atomic mass is 32.2. The molecule has 3 fully saturated rings. The van der Waals surface area contributed by atoms with E-state index in [1.807, 2.05) is 0 Å². The second-order valence-electron chi connectivity index (χ2n) is 8.56. The molecule has 10 heteroatoms. The standard InChI is InChI=1S/C21H31N3O5S2/c25-20(22-17-6-2-1-3-7-17)16-5-4-9-23(15-16)21(26)19-18(8-14-30-19)31(27,28)24-10-12-29-13-11-24/h8,14,16-17H,1-7,9-13,15H2,(H,22,25). The molecule has 1 N–H and O–H groups in total. The van der Waals surface area contributed by atoms with Gasteiger partial charge in [0, 0.05) is 32.2 Å². The first-order chi connectivity index (χ1) is 15.0. The third kappa shape index (κ3) is 5.13. The molecule has 1 atom stereocenters. The molecule has 2 aliphatic heterocycles. The fourth-order valence-electron chi connectivity index (χ4n) is 4.67. The van der Waals surface area contributed by atoms with Crippen molar-refractivity contribution in [2.24, 2.45) is 5.92 Å². The molecule has 2 amide bonds. The molecule has 3 aliphatic rings. The van der Waals surface area contributed by atoms with Crippen molar-refractivity contribution in [1.82, 2.24) is 14.5 Å². The number of hydrogen-bond acceptors (Lipinski definition) is 6. The van der Waals surface area contributed by atoms with Gasteiger partial charge < -0.3 is 15.0 Å². The average Bonchev–Trinajstić information content (AvgIpc) is 3.31. The molecular weight excluding hydrogens is 438 g/mol. The molecule has 0 bridgehead atoms. The number of sulfonamides is 1. The van der Waals surface area contributed by atoms with Crippen molar-refractivity contribution in [1.29, 1.82) is 0 Å². The first-order valence-electron chi connectivity index (χ1n) is 11.2. The van der Waals surface area contributed by atoms with E-state index in [2.05, 4.69) is 5.32 Å². The number of piperidine rings is 1. The number of thiophene rings is 1. The van der Waals surface area contributed by atoms with Gasteiger partial charge in [-0.05, 0) is 37.1 Å². The minimum atomic E-state index is -3.75. The van der Waals surface area contributed by atoms with Gasteiger partial charge >= 0.3 is 0 Å². The van der Waals surface area contributed by atoms with Crippen molar-refractivity contribution in [3.05, 3.63) is 16.3 Å². The number of rotatable bonds is 5. The van der Waals surface area contributed by atoms with Crippen molar-refractivity contribution in [3.8, 4) is 0 Å². The van der Waals surface area contributed by atoms with Gasteiger partial charge in [-0.15, -0.1) is 11.3 Å². The smallest absolute Gasteiger partial charge is 0.265 e. The van der Waals surface area contributed by atoms with E-state index in [9.17, 15) is 18.0 Å². The van der Waals surface area contributed by atoms with Crippen LogP contribution < -0.4 is 5.32 Å². The van der Waals surface area contributed by atoms with Gasteiger partial charge in [-0.25, -0.2) is 8.42 Å². The van der Waals surface area contributed by atoms with Crippen LogP contribution in [-0.2, 0) is 19.6 Å². The molecule has 3 heterocycles. The van der Waals surface area contributed by atoms with Crippen LogP contribution in [-0.4, -0.2) is 74.9 Å². The van der Waals surface area contributed by atoms with Crippen molar-refractivity contribution < 1.29 is 22.7 Å². The Balaban J connectivity index is 1.44. The minimum absolute atomic E-state index is 0.0248. The van der Waals surface area contributed by atoms with Crippen LogP contribution >= 0.6 is 11.3 Å². The average molecular weight is 470 g/mol. The van der Waals surface area contributed by atoms with E-state index in [1.165, 1.54) is 16.8 Å². The maximum absolute atomic E-state index is 13.3. The maximum atomic E-state index is 13.3. The van der Waals surface area contributed by atoms with E-state index < -0.39 is 10.0 Å². The topological polar surface area (TPSA) is 96.0 Å². The molecule has 0 radical (unpaired) electrons. The normalized spacial score (nSPS) is 24.1. The Bertz CT molecular complexity index is 889. The molecule has 1 aromatic heterocycles. The Labute approximate surface area is 188 Å². The molecule has 1 aliphatic carbocycles. The predicted octanol–water partition coefficient (Wildman–Crippen LogP) is 2.07. The van der Waals surface area contributed by atoms with E-state index in [-0.39, 0.29) is 33.5 Å². The lowest BCUT2D eigenvalue weighted by atomic mass is 9.93. The molecule has 1 saturated carbocycles. The van der Waals surface area contributed by atoms with Crippen LogP contribution in [0.25, 0.3) is 0 Å². The summed E-state index contributed by atoms with van der Waals surface area (Å²) in [5, 5.41) is 4.82. The zero-order valence-corrected chi connectivity index (χ0v) is 19.4. The summed E-state index contributed by atoms with van der Waals surface area (Å²) < 4.78 is 32.8. The van der Waals surface area contributed by atoms with Crippen LogP contribution in [0.15, 0.2) is 16.3 Å². The zero-order chi connectivity index (χ0) is 21.8. The second kappa shape index (κ2) is 9.97. The quantitative estimate of drug-likeness (QED) is 0.712. The summed E-state index contributed by atoms with van der Waals surface area (Å²) in [6.45, 7) is 2.18. The van der Waals surface area contributed by atoms with Gasteiger partial charge in [-0.3, -0.25) is 9.59 Å². The molecular formula is C21H31N3O5S2. The summed E-state index contributed by atoms with van der Waals surface area (Å²) in [5.41, 5.74) is 0. The van der Waals surface area contributed by atoms with Gasteiger partial charge in [0.2, 0.25) is 15.9 Å². The predicted molar refractivity (Wildman–Crippen MR) is 118 cm³/mol. The highest BCUT2D eigenvalue weighted by Crippen LogP contribution is 2.29. The van der Waals surface area contributed by atoms with Crippen LogP contribution in [0, 0.1) is 5.92 Å². The Morgan fingerprint density at radius 2 is 1.77 bits per heavy atom. The SMILES string of the molecule is O=C(NC1CCCCC1)C1CCCN(C(=O)c2sccc2S(=O)(=O)N2CCOCC2)C1. The summed E-state index contributed by atoms with van der Waals surface area (Å²) in [4.78, 5) is 28.0. The Morgan fingerprint density at radius 3 is 2.52 bits per heavy atom. The summed E-state index contributed by atoms with van der Waals surface area (Å²) >= 11 is 1.15. The lowest BCUT2D eigenvalue weighted by molar-refractivity contribution is -0.127. The molecule has 31 heavy (non-hydrogen) atoms. The van der Waals surface area contributed by atoms with Crippen molar-refractivity contribution in [2.45, 2.75) is 55.9 Å². The van der Waals surface area contributed by atoms with Gasteiger partial charge in [0.15, 0.2) is 0 Å².